The van der Waals surface area contributed by atoms with Crippen LogP contribution in [-0.2, 0) is 9.53 Å². The lowest BCUT2D eigenvalue weighted by atomic mass is 9.69. The second-order valence-electron chi connectivity index (χ2n) is 6.05. The molecule has 0 unspecified atom stereocenters. The summed E-state index contributed by atoms with van der Waals surface area (Å²) in [5.41, 5.74) is -1.27. The Morgan fingerprint density at radius 2 is 2.06 bits per heavy atom. The maximum Gasteiger partial charge on any atom is 0.233 e. The van der Waals surface area contributed by atoms with Crippen molar-refractivity contribution < 1.29 is 14.6 Å². The summed E-state index contributed by atoms with van der Waals surface area (Å²) in [6.07, 6.45) is 2.36. The minimum Gasteiger partial charge on any atom is -0.389 e. The van der Waals surface area contributed by atoms with Crippen LogP contribution < -0.4 is 0 Å². The Morgan fingerprint density at radius 3 is 2.72 bits per heavy atom. The molecule has 0 aromatic carbocycles. The van der Waals surface area contributed by atoms with E-state index in [4.69, 9.17) is 4.74 Å². The van der Waals surface area contributed by atoms with Crippen LogP contribution in [0.3, 0.4) is 0 Å². The molecule has 3 aliphatic heterocycles. The van der Waals surface area contributed by atoms with Crippen LogP contribution in [0, 0.1) is 5.92 Å². The number of carbonyl (C=O) groups excluding carboxylic acids is 1. The van der Waals surface area contributed by atoms with Gasteiger partial charge in [-0.2, -0.15) is 11.8 Å². The van der Waals surface area contributed by atoms with Gasteiger partial charge in [0.2, 0.25) is 5.91 Å². The van der Waals surface area contributed by atoms with Crippen molar-refractivity contribution in [1.82, 2.24) is 4.90 Å². The fraction of sp³-hybridized carbons (Fsp3) is 0.923. The number of amides is 1. The van der Waals surface area contributed by atoms with Crippen molar-refractivity contribution in [2.24, 2.45) is 5.92 Å². The number of carbonyl (C=O) groups is 1. The summed E-state index contributed by atoms with van der Waals surface area (Å²) in [4.78, 5) is 14.2. The maximum atomic E-state index is 12.4. The molecule has 1 N–H and O–H groups in total. The number of ether oxygens (including phenoxy) is 1. The highest BCUT2D eigenvalue weighted by Crippen LogP contribution is 2.48. The lowest BCUT2D eigenvalue weighted by Gasteiger charge is -2.61. The summed E-state index contributed by atoms with van der Waals surface area (Å²) in [7, 11) is 0. The third-order valence-electron chi connectivity index (χ3n) is 4.61. The van der Waals surface area contributed by atoms with E-state index in [1.165, 1.54) is 0 Å². The SMILES string of the molecule is CC1(C)OCC[C@@H]2[C@@H](C3(O)CCSCC3)C(=O)N21. The van der Waals surface area contributed by atoms with Gasteiger partial charge in [-0.3, -0.25) is 4.79 Å². The molecule has 0 aromatic heterocycles. The van der Waals surface area contributed by atoms with Gasteiger partial charge in [-0.25, -0.2) is 0 Å². The van der Waals surface area contributed by atoms with E-state index in [-0.39, 0.29) is 17.9 Å². The second-order valence-corrected chi connectivity index (χ2v) is 7.28. The van der Waals surface area contributed by atoms with Gasteiger partial charge in [0.1, 0.15) is 5.72 Å². The van der Waals surface area contributed by atoms with Gasteiger partial charge in [0.15, 0.2) is 0 Å². The smallest absolute Gasteiger partial charge is 0.233 e. The molecule has 0 aliphatic carbocycles. The van der Waals surface area contributed by atoms with Crippen molar-refractivity contribution in [1.29, 1.82) is 0 Å². The fourth-order valence-corrected chi connectivity index (χ4v) is 4.83. The van der Waals surface area contributed by atoms with E-state index < -0.39 is 11.3 Å². The van der Waals surface area contributed by atoms with E-state index in [1.807, 2.05) is 30.5 Å². The first-order valence-corrected chi connectivity index (χ1v) is 7.88. The molecule has 5 heteroatoms. The number of hydrogen-bond donors (Lipinski definition) is 1. The van der Waals surface area contributed by atoms with Crippen LogP contribution in [0.2, 0.25) is 0 Å². The van der Waals surface area contributed by atoms with E-state index in [9.17, 15) is 9.90 Å². The van der Waals surface area contributed by atoms with Crippen molar-refractivity contribution in [3.8, 4) is 0 Å². The first-order chi connectivity index (χ1) is 8.46. The summed E-state index contributed by atoms with van der Waals surface area (Å²) < 4.78 is 5.66. The molecule has 4 nitrogen and oxygen atoms in total. The first kappa shape index (κ1) is 12.8. The minimum absolute atomic E-state index is 0.0825. The lowest BCUT2D eigenvalue weighted by molar-refractivity contribution is -0.251. The highest BCUT2D eigenvalue weighted by Gasteiger charge is 2.62. The number of thioether (sulfide) groups is 1. The summed E-state index contributed by atoms with van der Waals surface area (Å²) in [6.45, 7) is 4.56. The van der Waals surface area contributed by atoms with Crippen LogP contribution in [0.25, 0.3) is 0 Å². The van der Waals surface area contributed by atoms with Gasteiger partial charge in [0, 0.05) is 0 Å². The van der Waals surface area contributed by atoms with Gasteiger partial charge >= 0.3 is 0 Å². The molecule has 102 valence electrons. The fourth-order valence-electron chi connectivity index (χ4n) is 3.63. The van der Waals surface area contributed by atoms with Crippen LogP contribution in [0.5, 0.6) is 0 Å². The number of rotatable bonds is 1. The molecule has 0 bridgehead atoms. The topological polar surface area (TPSA) is 49.8 Å². The number of hydrogen-bond acceptors (Lipinski definition) is 4. The maximum absolute atomic E-state index is 12.4. The molecule has 3 rings (SSSR count). The quantitative estimate of drug-likeness (QED) is 0.729. The normalized spacial score (nSPS) is 37.9. The van der Waals surface area contributed by atoms with Crippen molar-refractivity contribution in [3.05, 3.63) is 0 Å². The van der Waals surface area contributed by atoms with Crippen LogP contribution in [0.4, 0.5) is 0 Å². The highest BCUT2D eigenvalue weighted by molar-refractivity contribution is 7.99. The predicted octanol–water partition coefficient (Wildman–Crippen LogP) is 1.23. The average Bonchev–Trinajstić information content (AvgIpc) is 2.27. The third-order valence-corrected chi connectivity index (χ3v) is 5.59. The van der Waals surface area contributed by atoms with Gasteiger partial charge in [-0.1, -0.05) is 0 Å². The minimum atomic E-state index is -0.767. The van der Waals surface area contributed by atoms with Crippen molar-refractivity contribution in [3.63, 3.8) is 0 Å². The van der Waals surface area contributed by atoms with E-state index in [0.717, 1.165) is 30.8 Å². The van der Waals surface area contributed by atoms with Crippen LogP contribution in [0.15, 0.2) is 0 Å². The van der Waals surface area contributed by atoms with Crippen molar-refractivity contribution >= 4 is 17.7 Å². The zero-order valence-corrected chi connectivity index (χ0v) is 11.8. The molecule has 3 aliphatic rings. The molecule has 0 spiro atoms. The molecule has 0 saturated carbocycles. The zero-order chi connectivity index (χ0) is 13.0. The molecule has 18 heavy (non-hydrogen) atoms. The Bertz CT molecular complexity index is 365. The predicted molar refractivity (Wildman–Crippen MR) is 70.3 cm³/mol. The third kappa shape index (κ3) is 1.71. The van der Waals surface area contributed by atoms with Crippen LogP contribution in [-0.4, -0.2) is 51.4 Å². The number of fused-ring (bicyclic) bond motifs is 1. The molecule has 3 fully saturated rings. The van der Waals surface area contributed by atoms with Crippen LogP contribution >= 0.6 is 11.8 Å². The summed E-state index contributed by atoms with van der Waals surface area (Å²) >= 11 is 1.87. The highest BCUT2D eigenvalue weighted by atomic mass is 32.2. The van der Waals surface area contributed by atoms with E-state index in [0.29, 0.717) is 6.61 Å². The van der Waals surface area contributed by atoms with Gasteiger partial charge in [-0.15, -0.1) is 0 Å². The molecular weight excluding hydrogens is 250 g/mol. The van der Waals surface area contributed by atoms with Gasteiger partial charge in [0.05, 0.1) is 24.2 Å². The molecule has 3 heterocycles. The second kappa shape index (κ2) is 4.12. The number of β-lactam (4-membered cyclic amide) rings is 1. The van der Waals surface area contributed by atoms with Crippen LogP contribution in [0.1, 0.15) is 33.1 Å². The number of aliphatic hydroxyl groups is 1. The summed E-state index contributed by atoms with van der Waals surface area (Å²) in [5, 5.41) is 10.8. The molecule has 2 atom stereocenters. The largest absolute Gasteiger partial charge is 0.389 e. The molecular formula is C13H21NO3S. The van der Waals surface area contributed by atoms with Gasteiger partial charge < -0.3 is 14.7 Å². The Labute approximate surface area is 112 Å². The van der Waals surface area contributed by atoms with Crippen molar-refractivity contribution in [2.75, 3.05) is 18.1 Å². The molecule has 1 amide bonds. The van der Waals surface area contributed by atoms with E-state index in [1.54, 1.807) is 0 Å². The molecule has 3 saturated heterocycles. The molecule has 0 radical (unpaired) electrons. The summed E-state index contributed by atoms with van der Waals surface area (Å²) in [6, 6.07) is 0.175. The molecule has 0 aromatic rings. The average molecular weight is 271 g/mol. The first-order valence-electron chi connectivity index (χ1n) is 6.73. The Balaban J connectivity index is 1.81. The lowest BCUT2D eigenvalue weighted by Crippen LogP contribution is -2.76. The Hall–Kier alpha value is -0.260. The van der Waals surface area contributed by atoms with Gasteiger partial charge in [-0.05, 0) is 44.6 Å². The Kier molecular flexibility index (Phi) is 2.92. The standard InChI is InChI=1S/C13H21NO3S/c1-12(2)14-9(3-6-17-12)10(11(14)15)13(16)4-7-18-8-5-13/h9-10,16H,3-8H2,1-2H3/t9-,10-/m1/s1. The van der Waals surface area contributed by atoms with E-state index in [2.05, 4.69) is 0 Å². The van der Waals surface area contributed by atoms with Gasteiger partial charge in [0.25, 0.3) is 0 Å². The monoisotopic (exact) mass is 271 g/mol. The zero-order valence-electron chi connectivity index (χ0n) is 11.0. The summed E-state index contributed by atoms with van der Waals surface area (Å²) in [5.74, 6) is 1.82. The Morgan fingerprint density at radius 1 is 1.39 bits per heavy atom. The van der Waals surface area contributed by atoms with E-state index >= 15 is 0 Å². The number of nitrogens with zero attached hydrogens (tertiary/aromatic N) is 1. The van der Waals surface area contributed by atoms with Crippen molar-refractivity contribution in [2.45, 2.75) is 50.5 Å².